The molecule has 0 saturated carbocycles. The molecule has 1 aromatic rings. The molecule has 142 valence electrons. The lowest BCUT2D eigenvalue weighted by Gasteiger charge is -2.21. The number of carbonyl (C=O) groups is 1. The minimum absolute atomic E-state index is 0.0631. The molecule has 2 aliphatic rings. The minimum atomic E-state index is -0.0631. The van der Waals surface area contributed by atoms with Crippen molar-refractivity contribution in [3.63, 3.8) is 0 Å². The Kier molecular flexibility index (Phi) is 6.89. The van der Waals surface area contributed by atoms with Crippen molar-refractivity contribution in [2.24, 2.45) is 10.7 Å². The number of benzene rings is 1. The van der Waals surface area contributed by atoms with Crippen LogP contribution in [0.3, 0.4) is 0 Å². The predicted molar refractivity (Wildman–Crippen MR) is 103 cm³/mol. The summed E-state index contributed by atoms with van der Waals surface area (Å²) in [6.07, 6.45) is 7.14. The van der Waals surface area contributed by atoms with Gasteiger partial charge in [-0.25, -0.2) is 4.99 Å². The van der Waals surface area contributed by atoms with E-state index in [0.29, 0.717) is 24.6 Å². The lowest BCUT2D eigenvalue weighted by atomic mass is 10.1. The summed E-state index contributed by atoms with van der Waals surface area (Å²) < 4.78 is 5.54. The molecule has 2 aliphatic heterocycles. The van der Waals surface area contributed by atoms with E-state index in [1.165, 1.54) is 25.7 Å². The van der Waals surface area contributed by atoms with Crippen LogP contribution in [-0.2, 0) is 11.3 Å². The van der Waals surface area contributed by atoms with Crippen LogP contribution >= 0.6 is 0 Å². The highest BCUT2D eigenvalue weighted by atomic mass is 16.5. The van der Waals surface area contributed by atoms with Gasteiger partial charge in [-0.15, -0.1) is 0 Å². The van der Waals surface area contributed by atoms with Crippen molar-refractivity contribution >= 4 is 11.9 Å². The van der Waals surface area contributed by atoms with E-state index in [1.54, 1.807) is 0 Å². The highest BCUT2D eigenvalue weighted by Crippen LogP contribution is 2.12. The smallest absolute Gasteiger partial charge is 0.251 e. The maximum Gasteiger partial charge on any atom is 0.251 e. The number of hydrogen-bond donors (Lipinski definition) is 2. The van der Waals surface area contributed by atoms with E-state index in [9.17, 15) is 4.79 Å². The van der Waals surface area contributed by atoms with Gasteiger partial charge in [0, 0.05) is 31.8 Å². The van der Waals surface area contributed by atoms with Crippen LogP contribution in [0.15, 0.2) is 29.3 Å². The molecule has 26 heavy (non-hydrogen) atoms. The van der Waals surface area contributed by atoms with Crippen molar-refractivity contribution in [1.29, 1.82) is 0 Å². The van der Waals surface area contributed by atoms with Crippen molar-refractivity contribution < 1.29 is 9.53 Å². The first-order valence-electron chi connectivity index (χ1n) is 9.76. The van der Waals surface area contributed by atoms with Crippen LogP contribution in [0.4, 0.5) is 0 Å². The molecule has 6 nitrogen and oxygen atoms in total. The number of hydrogen-bond acceptors (Lipinski definition) is 3. The Balaban J connectivity index is 1.54. The molecular formula is C20H30N4O2. The van der Waals surface area contributed by atoms with Gasteiger partial charge in [-0.3, -0.25) is 4.79 Å². The van der Waals surface area contributed by atoms with Crippen LogP contribution in [0, 0.1) is 0 Å². The number of aliphatic imine (C=N–C) groups is 1. The van der Waals surface area contributed by atoms with Gasteiger partial charge in [-0.2, -0.15) is 0 Å². The van der Waals surface area contributed by atoms with Gasteiger partial charge in [0.05, 0.1) is 12.6 Å². The normalized spacial score (nSPS) is 21.5. The first-order valence-corrected chi connectivity index (χ1v) is 9.76. The number of nitrogens with two attached hydrogens (primary N) is 1. The van der Waals surface area contributed by atoms with Crippen molar-refractivity contribution in [1.82, 2.24) is 10.2 Å². The maximum atomic E-state index is 12.3. The van der Waals surface area contributed by atoms with Crippen LogP contribution < -0.4 is 11.1 Å². The standard InChI is InChI=1S/C20H30N4O2/c21-20(24-10-3-1-2-4-11-24)23-14-16-7-5-8-17(13-16)19(25)22-15-18-9-6-12-26-18/h5,7-8,13,18H,1-4,6,9-12,14-15H2,(H2,21,23)(H,22,25). The highest BCUT2D eigenvalue weighted by molar-refractivity contribution is 5.94. The molecule has 1 atom stereocenters. The molecule has 2 heterocycles. The number of amides is 1. The molecule has 0 aromatic heterocycles. The SMILES string of the molecule is NC(=NCc1cccc(C(=O)NCC2CCCO2)c1)N1CCCCCC1. The maximum absolute atomic E-state index is 12.3. The van der Waals surface area contributed by atoms with E-state index in [0.717, 1.165) is 38.1 Å². The van der Waals surface area contributed by atoms with E-state index >= 15 is 0 Å². The van der Waals surface area contributed by atoms with E-state index < -0.39 is 0 Å². The van der Waals surface area contributed by atoms with Crippen LogP contribution in [0.1, 0.15) is 54.4 Å². The number of rotatable bonds is 5. The summed E-state index contributed by atoms with van der Waals surface area (Å²) in [6, 6.07) is 7.60. The molecule has 0 spiro atoms. The Morgan fingerprint density at radius 1 is 1.23 bits per heavy atom. The quantitative estimate of drug-likeness (QED) is 0.625. The van der Waals surface area contributed by atoms with E-state index in [1.807, 2.05) is 24.3 Å². The molecule has 1 unspecified atom stereocenters. The Morgan fingerprint density at radius 3 is 2.77 bits per heavy atom. The molecular weight excluding hydrogens is 328 g/mol. The van der Waals surface area contributed by atoms with Gasteiger partial charge >= 0.3 is 0 Å². The zero-order chi connectivity index (χ0) is 18.2. The lowest BCUT2D eigenvalue weighted by Crippen LogP contribution is -2.38. The number of carbonyl (C=O) groups excluding carboxylic acids is 1. The number of likely N-dealkylation sites (tertiary alicyclic amines) is 1. The van der Waals surface area contributed by atoms with Crippen LogP contribution in [0.2, 0.25) is 0 Å². The average molecular weight is 358 g/mol. The molecule has 2 saturated heterocycles. The fourth-order valence-electron chi connectivity index (χ4n) is 3.50. The molecule has 3 rings (SSSR count). The lowest BCUT2D eigenvalue weighted by molar-refractivity contribution is 0.0857. The number of nitrogens with one attached hydrogen (secondary N) is 1. The van der Waals surface area contributed by atoms with Gasteiger partial charge in [0.15, 0.2) is 5.96 Å². The average Bonchev–Trinajstić information content (AvgIpc) is 3.04. The van der Waals surface area contributed by atoms with E-state index in [2.05, 4.69) is 15.2 Å². The molecule has 2 fully saturated rings. The van der Waals surface area contributed by atoms with Gasteiger partial charge in [0.2, 0.25) is 0 Å². The Hall–Kier alpha value is -2.08. The third-order valence-electron chi connectivity index (χ3n) is 5.06. The van der Waals surface area contributed by atoms with E-state index in [-0.39, 0.29) is 12.0 Å². The molecule has 0 radical (unpaired) electrons. The Bertz CT molecular complexity index is 618. The van der Waals surface area contributed by atoms with Crippen LogP contribution in [0.5, 0.6) is 0 Å². The van der Waals surface area contributed by atoms with Crippen molar-refractivity contribution in [2.45, 2.75) is 51.2 Å². The second-order valence-corrected chi connectivity index (χ2v) is 7.12. The second-order valence-electron chi connectivity index (χ2n) is 7.12. The van der Waals surface area contributed by atoms with Crippen LogP contribution in [0.25, 0.3) is 0 Å². The van der Waals surface area contributed by atoms with E-state index in [4.69, 9.17) is 10.5 Å². The van der Waals surface area contributed by atoms with Gasteiger partial charge < -0.3 is 20.7 Å². The summed E-state index contributed by atoms with van der Waals surface area (Å²) in [5.74, 6) is 0.548. The zero-order valence-electron chi connectivity index (χ0n) is 15.5. The largest absolute Gasteiger partial charge is 0.376 e. The molecule has 0 bridgehead atoms. The number of nitrogens with zero attached hydrogens (tertiary/aromatic N) is 2. The first-order chi connectivity index (χ1) is 12.7. The molecule has 3 N–H and O–H groups in total. The summed E-state index contributed by atoms with van der Waals surface area (Å²) in [7, 11) is 0. The molecule has 1 aromatic carbocycles. The van der Waals surface area contributed by atoms with Crippen molar-refractivity contribution in [3.05, 3.63) is 35.4 Å². The Morgan fingerprint density at radius 2 is 2.04 bits per heavy atom. The van der Waals surface area contributed by atoms with Gasteiger partial charge in [0.25, 0.3) is 5.91 Å². The summed E-state index contributed by atoms with van der Waals surface area (Å²) in [4.78, 5) is 19.1. The third kappa shape index (κ3) is 5.46. The third-order valence-corrected chi connectivity index (χ3v) is 5.06. The first kappa shape index (κ1) is 18.7. The zero-order valence-corrected chi connectivity index (χ0v) is 15.5. The van der Waals surface area contributed by atoms with Crippen molar-refractivity contribution in [3.8, 4) is 0 Å². The highest BCUT2D eigenvalue weighted by Gasteiger charge is 2.17. The predicted octanol–water partition coefficient (Wildman–Crippen LogP) is 2.29. The second kappa shape index (κ2) is 9.57. The fraction of sp³-hybridized carbons (Fsp3) is 0.600. The summed E-state index contributed by atoms with van der Waals surface area (Å²) in [6.45, 7) is 3.84. The van der Waals surface area contributed by atoms with Crippen molar-refractivity contribution in [2.75, 3.05) is 26.2 Å². The number of guanidine groups is 1. The minimum Gasteiger partial charge on any atom is -0.376 e. The fourth-order valence-corrected chi connectivity index (χ4v) is 3.50. The number of ether oxygens (including phenoxy) is 1. The molecule has 0 aliphatic carbocycles. The topological polar surface area (TPSA) is 79.9 Å². The van der Waals surface area contributed by atoms with Crippen LogP contribution in [-0.4, -0.2) is 49.1 Å². The summed E-state index contributed by atoms with van der Waals surface area (Å²) in [5, 5.41) is 2.96. The monoisotopic (exact) mass is 358 g/mol. The van der Waals surface area contributed by atoms with Gasteiger partial charge in [-0.1, -0.05) is 25.0 Å². The molecule has 1 amide bonds. The summed E-state index contributed by atoms with van der Waals surface area (Å²) in [5.41, 5.74) is 7.81. The van der Waals surface area contributed by atoms with Gasteiger partial charge in [0.1, 0.15) is 0 Å². The van der Waals surface area contributed by atoms with Gasteiger partial charge in [-0.05, 0) is 43.4 Å². The summed E-state index contributed by atoms with van der Waals surface area (Å²) >= 11 is 0. The molecule has 6 heteroatoms. The Labute approximate surface area is 155 Å².